The van der Waals surface area contributed by atoms with Crippen molar-refractivity contribution in [3.05, 3.63) is 59.7 Å². The van der Waals surface area contributed by atoms with Crippen LogP contribution in [0.2, 0.25) is 0 Å². The van der Waals surface area contributed by atoms with Crippen LogP contribution in [0.5, 0.6) is 5.75 Å². The van der Waals surface area contributed by atoms with Gasteiger partial charge in [-0.25, -0.2) is 0 Å². The molecule has 2 aromatic carbocycles. The molecule has 0 fully saturated rings. The van der Waals surface area contributed by atoms with Crippen LogP contribution in [0.4, 0.5) is 5.69 Å². The van der Waals surface area contributed by atoms with Crippen LogP contribution >= 0.6 is 0 Å². The molecule has 0 saturated carbocycles. The lowest BCUT2D eigenvalue weighted by atomic mass is 10.1. The quantitative estimate of drug-likeness (QED) is 0.595. The summed E-state index contributed by atoms with van der Waals surface area (Å²) in [6.45, 7) is 4.52. The normalized spacial score (nSPS) is 10.6. The number of hydrogen-bond donors (Lipinski definition) is 1. The number of ether oxygens (including phenoxy) is 1. The topological polar surface area (TPSA) is 59.9 Å². The maximum absolute atomic E-state index is 11.8. The summed E-state index contributed by atoms with van der Waals surface area (Å²) in [5, 5.41) is 6.56. The Bertz CT molecular complexity index is 664. The van der Waals surface area contributed by atoms with Gasteiger partial charge in [0, 0.05) is 5.69 Å². The number of anilines is 1. The van der Waals surface area contributed by atoms with Crippen LogP contribution in [0.15, 0.2) is 53.7 Å². The van der Waals surface area contributed by atoms with Crippen LogP contribution in [0.3, 0.4) is 0 Å². The molecule has 1 amide bonds. The molecule has 0 aliphatic carbocycles. The second-order valence-corrected chi connectivity index (χ2v) is 5.11. The van der Waals surface area contributed by atoms with Crippen LogP contribution in [0, 0.1) is 0 Å². The molecule has 0 aromatic heterocycles. The van der Waals surface area contributed by atoms with Gasteiger partial charge >= 0.3 is 0 Å². The van der Waals surface area contributed by atoms with E-state index < -0.39 is 0 Å². The number of aryl methyl sites for hydroxylation is 1. The van der Waals surface area contributed by atoms with E-state index in [9.17, 15) is 4.79 Å². The Morgan fingerprint density at radius 2 is 1.79 bits per heavy atom. The standard InChI is InChI=1S/C19H22N2O3/c1-3-15-5-9-17(10-6-15)21-19(22)14-24-20-13-16-7-11-18(12-8-16)23-4-2/h5-13H,3-4,14H2,1-2H3,(H,21,22)/b20-13+. The molecule has 2 aromatic rings. The summed E-state index contributed by atoms with van der Waals surface area (Å²) in [4.78, 5) is 16.8. The van der Waals surface area contributed by atoms with Crippen LogP contribution in [-0.2, 0) is 16.1 Å². The molecule has 0 spiro atoms. The van der Waals surface area contributed by atoms with E-state index in [1.54, 1.807) is 6.21 Å². The summed E-state index contributed by atoms with van der Waals surface area (Å²) in [6, 6.07) is 15.2. The summed E-state index contributed by atoms with van der Waals surface area (Å²) in [5.74, 6) is 0.562. The molecule has 0 heterocycles. The molecule has 5 heteroatoms. The van der Waals surface area contributed by atoms with Crippen molar-refractivity contribution in [3.63, 3.8) is 0 Å². The fraction of sp³-hybridized carbons (Fsp3) is 0.263. The highest BCUT2D eigenvalue weighted by molar-refractivity contribution is 5.91. The van der Waals surface area contributed by atoms with Gasteiger partial charge in [0.05, 0.1) is 12.8 Å². The van der Waals surface area contributed by atoms with E-state index in [0.29, 0.717) is 6.61 Å². The number of nitrogens with zero attached hydrogens (tertiary/aromatic N) is 1. The van der Waals surface area contributed by atoms with Crippen molar-refractivity contribution in [2.45, 2.75) is 20.3 Å². The number of oxime groups is 1. The largest absolute Gasteiger partial charge is 0.494 e. The average molecular weight is 326 g/mol. The van der Waals surface area contributed by atoms with E-state index in [1.165, 1.54) is 5.56 Å². The Morgan fingerprint density at radius 3 is 2.42 bits per heavy atom. The van der Waals surface area contributed by atoms with Gasteiger partial charge in [0.1, 0.15) is 5.75 Å². The molecular formula is C19H22N2O3. The molecule has 0 saturated heterocycles. The van der Waals surface area contributed by atoms with Crippen molar-refractivity contribution >= 4 is 17.8 Å². The highest BCUT2D eigenvalue weighted by atomic mass is 16.6. The summed E-state index contributed by atoms with van der Waals surface area (Å²) in [5.41, 5.74) is 2.84. The van der Waals surface area contributed by atoms with E-state index in [2.05, 4.69) is 17.4 Å². The number of carbonyl (C=O) groups is 1. The third-order valence-electron chi connectivity index (χ3n) is 3.31. The lowest BCUT2D eigenvalue weighted by molar-refractivity contribution is -0.120. The first-order valence-electron chi connectivity index (χ1n) is 7.98. The summed E-state index contributed by atoms with van der Waals surface area (Å²) in [7, 11) is 0. The predicted molar refractivity (Wildman–Crippen MR) is 95.6 cm³/mol. The average Bonchev–Trinajstić information content (AvgIpc) is 2.61. The van der Waals surface area contributed by atoms with Crippen molar-refractivity contribution in [2.75, 3.05) is 18.5 Å². The lowest BCUT2D eigenvalue weighted by Crippen LogP contribution is -2.16. The Kier molecular flexibility index (Phi) is 6.83. The van der Waals surface area contributed by atoms with Crippen molar-refractivity contribution in [1.29, 1.82) is 0 Å². The van der Waals surface area contributed by atoms with Gasteiger partial charge in [0.2, 0.25) is 0 Å². The van der Waals surface area contributed by atoms with Gasteiger partial charge in [-0.3, -0.25) is 4.79 Å². The molecule has 126 valence electrons. The van der Waals surface area contributed by atoms with Crippen LogP contribution in [0.1, 0.15) is 25.0 Å². The minimum atomic E-state index is -0.247. The molecular weight excluding hydrogens is 304 g/mol. The van der Waals surface area contributed by atoms with Crippen molar-refractivity contribution in [2.24, 2.45) is 5.16 Å². The molecule has 0 radical (unpaired) electrons. The van der Waals surface area contributed by atoms with Gasteiger partial charge in [0.25, 0.3) is 5.91 Å². The molecule has 0 bridgehead atoms. The van der Waals surface area contributed by atoms with Crippen LogP contribution < -0.4 is 10.1 Å². The minimum Gasteiger partial charge on any atom is -0.494 e. The highest BCUT2D eigenvalue weighted by Crippen LogP contribution is 2.11. The zero-order valence-electron chi connectivity index (χ0n) is 14.0. The Balaban J connectivity index is 1.74. The third kappa shape index (κ3) is 5.76. The van der Waals surface area contributed by atoms with Crippen LogP contribution in [0.25, 0.3) is 0 Å². The molecule has 0 unspecified atom stereocenters. The molecule has 1 N–H and O–H groups in total. The van der Waals surface area contributed by atoms with Crippen molar-refractivity contribution < 1.29 is 14.4 Å². The number of amides is 1. The molecule has 24 heavy (non-hydrogen) atoms. The molecule has 0 aliphatic rings. The SMILES string of the molecule is CCOc1ccc(/C=N/OCC(=O)Nc2ccc(CC)cc2)cc1. The Hall–Kier alpha value is -2.82. The first-order chi connectivity index (χ1) is 11.7. The molecule has 2 rings (SSSR count). The number of nitrogens with one attached hydrogen (secondary N) is 1. The van der Waals surface area contributed by atoms with Gasteiger partial charge in [-0.15, -0.1) is 0 Å². The highest BCUT2D eigenvalue weighted by Gasteiger charge is 2.02. The Labute approximate surface area is 142 Å². The van der Waals surface area contributed by atoms with Gasteiger partial charge in [-0.2, -0.15) is 0 Å². The lowest BCUT2D eigenvalue weighted by Gasteiger charge is -2.05. The fourth-order valence-electron chi connectivity index (χ4n) is 2.03. The first kappa shape index (κ1) is 17.5. The molecule has 0 atom stereocenters. The molecule has 0 aliphatic heterocycles. The summed E-state index contributed by atoms with van der Waals surface area (Å²) >= 11 is 0. The van der Waals surface area contributed by atoms with E-state index in [-0.39, 0.29) is 12.5 Å². The van der Waals surface area contributed by atoms with Gasteiger partial charge in [-0.1, -0.05) is 24.2 Å². The van der Waals surface area contributed by atoms with Crippen molar-refractivity contribution in [1.82, 2.24) is 0 Å². The smallest absolute Gasteiger partial charge is 0.265 e. The Morgan fingerprint density at radius 1 is 1.08 bits per heavy atom. The number of hydrogen-bond acceptors (Lipinski definition) is 4. The van der Waals surface area contributed by atoms with Gasteiger partial charge in [-0.05, 0) is 60.9 Å². The zero-order valence-corrected chi connectivity index (χ0v) is 14.0. The van der Waals surface area contributed by atoms with Crippen LogP contribution in [-0.4, -0.2) is 25.3 Å². The monoisotopic (exact) mass is 326 g/mol. The maximum atomic E-state index is 11.8. The molecule has 5 nitrogen and oxygen atoms in total. The minimum absolute atomic E-state index is 0.136. The van der Waals surface area contributed by atoms with Gasteiger partial charge < -0.3 is 14.9 Å². The second-order valence-electron chi connectivity index (χ2n) is 5.11. The maximum Gasteiger partial charge on any atom is 0.265 e. The summed E-state index contributed by atoms with van der Waals surface area (Å²) in [6.07, 6.45) is 2.52. The van der Waals surface area contributed by atoms with Crippen molar-refractivity contribution in [3.8, 4) is 5.75 Å². The summed E-state index contributed by atoms with van der Waals surface area (Å²) < 4.78 is 5.36. The number of rotatable bonds is 8. The number of benzene rings is 2. The van der Waals surface area contributed by atoms with E-state index >= 15 is 0 Å². The van der Waals surface area contributed by atoms with E-state index in [4.69, 9.17) is 9.57 Å². The second kappa shape index (κ2) is 9.35. The third-order valence-corrected chi connectivity index (χ3v) is 3.31. The zero-order chi connectivity index (χ0) is 17.2. The van der Waals surface area contributed by atoms with E-state index in [1.807, 2.05) is 55.5 Å². The fourth-order valence-corrected chi connectivity index (χ4v) is 2.03. The van der Waals surface area contributed by atoms with Gasteiger partial charge in [0.15, 0.2) is 6.61 Å². The number of carbonyl (C=O) groups excluding carboxylic acids is 1. The van der Waals surface area contributed by atoms with E-state index in [0.717, 1.165) is 23.4 Å². The predicted octanol–water partition coefficient (Wildman–Crippen LogP) is 3.64. The first-order valence-corrected chi connectivity index (χ1v) is 7.98.